The van der Waals surface area contributed by atoms with Gasteiger partial charge in [-0.25, -0.2) is 9.38 Å². The molecule has 4 rings (SSSR count). The number of benzene rings is 3. The van der Waals surface area contributed by atoms with Crippen molar-refractivity contribution in [2.45, 2.75) is 6.61 Å². The minimum atomic E-state index is -0.341. The lowest BCUT2D eigenvalue weighted by Gasteiger charge is -2.14. The molecule has 1 amide bonds. The number of hydrogen-bond donors (Lipinski definition) is 1. The number of thioether (sulfide) groups is 1. The molecule has 0 bridgehead atoms. The fourth-order valence-corrected chi connectivity index (χ4v) is 4.64. The van der Waals surface area contributed by atoms with Gasteiger partial charge in [0.15, 0.2) is 16.7 Å². The van der Waals surface area contributed by atoms with Crippen molar-refractivity contribution in [3.8, 4) is 11.5 Å². The van der Waals surface area contributed by atoms with Gasteiger partial charge in [-0.05, 0) is 93.4 Å². The summed E-state index contributed by atoms with van der Waals surface area (Å²) in [7, 11) is 1.57. The van der Waals surface area contributed by atoms with Crippen molar-refractivity contribution in [3.63, 3.8) is 0 Å². The molecule has 0 aromatic heterocycles. The number of nitrogens with zero attached hydrogens (tertiary/aromatic N) is 1. The maximum Gasteiger partial charge on any atom is 0.264 e. The van der Waals surface area contributed by atoms with Crippen LogP contribution in [0.25, 0.3) is 6.08 Å². The summed E-state index contributed by atoms with van der Waals surface area (Å²) < 4.78 is 26.3. The number of carbonyl (C=O) groups excluding carboxylic acids is 1. The molecule has 9 heteroatoms. The summed E-state index contributed by atoms with van der Waals surface area (Å²) in [6.45, 7) is 0.379. The lowest BCUT2D eigenvalue weighted by Crippen LogP contribution is -2.19. The summed E-state index contributed by atoms with van der Waals surface area (Å²) in [5, 5.41) is 3.15. The Hall–Kier alpha value is -2.62. The van der Waals surface area contributed by atoms with Crippen molar-refractivity contribution in [1.82, 2.24) is 5.32 Å². The molecule has 0 unspecified atom stereocenters. The van der Waals surface area contributed by atoms with E-state index in [0.29, 0.717) is 38.3 Å². The molecule has 3 aromatic carbocycles. The number of halogens is 3. The number of aliphatic imine (C=N–C) groups is 1. The molecule has 1 aliphatic rings. The fraction of sp³-hybridized carbons (Fsp3) is 0.0833. The molecular formula is C24H17Br2FN2O3S. The van der Waals surface area contributed by atoms with Crippen molar-refractivity contribution in [3.05, 3.63) is 91.5 Å². The van der Waals surface area contributed by atoms with E-state index < -0.39 is 0 Å². The standard InChI is InChI=1S/C24H17Br2FN2O3S/c1-31-20-11-15(10-19(26)22(20)32-13-14-2-4-16(25)5-3-14)12-21-23(30)29-24(33-21)28-18-8-6-17(27)7-9-18/h2-12H,13H2,1H3,(H,28,29,30)/b21-12+. The molecule has 3 aromatic rings. The highest BCUT2D eigenvalue weighted by atomic mass is 79.9. The molecule has 1 aliphatic heterocycles. The Labute approximate surface area is 211 Å². The van der Waals surface area contributed by atoms with Crippen molar-refractivity contribution >= 4 is 66.5 Å². The van der Waals surface area contributed by atoms with Gasteiger partial charge in [0.25, 0.3) is 5.91 Å². The van der Waals surface area contributed by atoms with Crippen LogP contribution in [0.5, 0.6) is 11.5 Å². The summed E-state index contributed by atoms with van der Waals surface area (Å²) in [4.78, 5) is 17.2. The van der Waals surface area contributed by atoms with E-state index in [4.69, 9.17) is 9.47 Å². The molecule has 1 heterocycles. The highest BCUT2D eigenvalue weighted by Gasteiger charge is 2.24. The van der Waals surface area contributed by atoms with Gasteiger partial charge in [-0.15, -0.1) is 0 Å². The smallest absolute Gasteiger partial charge is 0.264 e. The molecule has 0 aliphatic carbocycles. The van der Waals surface area contributed by atoms with Crippen molar-refractivity contribution in [2.24, 2.45) is 4.99 Å². The Balaban J connectivity index is 1.52. The van der Waals surface area contributed by atoms with E-state index in [-0.39, 0.29) is 11.7 Å². The molecule has 5 nitrogen and oxygen atoms in total. The van der Waals surface area contributed by atoms with Gasteiger partial charge in [0.1, 0.15) is 12.4 Å². The molecule has 1 fully saturated rings. The van der Waals surface area contributed by atoms with E-state index in [2.05, 4.69) is 42.2 Å². The number of methoxy groups -OCH3 is 1. The fourth-order valence-electron chi connectivity index (χ4n) is 2.96. The number of hydrogen-bond acceptors (Lipinski definition) is 5. The highest BCUT2D eigenvalue weighted by Crippen LogP contribution is 2.39. The molecule has 0 radical (unpaired) electrons. The molecule has 33 heavy (non-hydrogen) atoms. The molecule has 0 saturated carbocycles. The summed E-state index contributed by atoms with van der Waals surface area (Å²) in [5.74, 6) is 0.513. The number of ether oxygens (including phenoxy) is 2. The first-order valence-electron chi connectivity index (χ1n) is 9.71. The van der Waals surface area contributed by atoms with Crippen molar-refractivity contribution < 1.29 is 18.7 Å². The average molecular weight is 592 g/mol. The predicted octanol–water partition coefficient (Wildman–Crippen LogP) is 6.83. The van der Waals surface area contributed by atoms with Crippen LogP contribution in [0.15, 0.2) is 79.5 Å². The first kappa shape index (κ1) is 23.5. The predicted molar refractivity (Wildman–Crippen MR) is 136 cm³/mol. The zero-order chi connectivity index (χ0) is 23.4. The lowest BCUT2D eigenvalue weighted by molar-refractivity contribution is -0.115. The van der Waals surface area contributed by atoms with Gasteiger partial charge in [0, 0.05) is 4.47 Å². The molecule has 1 saturated heterocycles. The Morgan fingerprint density at radius 3 is 2.52 bits per heavy atom. The van der Waals surface area contributed by atoms with Gasteiger partial charge in [-0.3, -0.25) is 4.79 Å². The second-order valence-electron chi connectivity index (χ2n) is 6.91. The number of amidine groups is 1. The average Bonchev–Trinajstić information content (AvgIpc) is 3.13. The number of nitrogens with one attached hydrogen (secondary N) is 1. The minimum Gasteiger partial charge on any atom is -0.493 e. The first-order chi connectivity index (χ1) is 15.9. The first-order valence-corrected chi connectivity index (χ1v) is 12.1. The van der Waals surface area contributed by atoms with Crippen molar-refractivity contribution in [2.75, 3.05) is 7.11 Å². The topological polar surface area (TPSA) is 59.9 Å². The Morgan fingerprint density at radius 1 is 1.09 bits per heavy atom. The SMILES string of the molecule is COc1cc(/C=C2/SC(=Nc3ccc(F)cc3)NC2=O)cc(Br)c1OCc1ccc(Br)cc1. The number of amides is 1. The third-order valence-electron chi connectivity index (χ3n) is 4.55. The van der Waals surface area contributed by atoms with E-state index in [0.717, 1.165) is 15.6 Å². The van der Waals surface area contributed by atoms with E-state index in [9.17, 15) is 9.18 Å². The van der Waals surface area contributed by atoms with Crippen LogP contribution in [0.3, 0.4) is 0 Å². The van der Waals surface area contributed by atoms with Gasteiger partial charge in [-0.1, -0.05) is 28.1 Å². The second-order valence-corrected chi connectivity index (χ2v) is 9.71. The molecule has 0 atom stereocenters. The van der Waals surface area contributed by atoms with Crippen LogP contribution in [0.2, 0.25) is 0 Å². The maximum atomic E-state index is 13.1. The number of rotatable bonds is 6. The van der Waals surface area contributed by atoms with Gasteiger partial charge < -0.3 is 14.8 Å². The molecule has 1 N–H and O–H groups in total. The van der Waals surface area contributed by atoms with Crippen LogP contribution in [-0.4, -0.2) is 18.2 Å². The summed E-state index contributed by atoms with van der Waals surface area (Å²) in [6.07, 6.45) is 1.75. The highest BCUT2D eigenvalue weighted by molar-refractivity contribution is 9.10. The second kappa shape index (κ2) is 10.5. The van der Waals surface area contributed by atoms with Crippen LogP contribution >= 0.6 is 43.6 Å². The maximum absolute atomic E-state index is 13.1. The summed E-state index contributed by atoms with van der Waals surface area (Å²) in [5.41, 5.74) is 2.33. The monoisotopic (exact) mass is 590 g/mol. The zero-order valence-electron chi connectivity index (χ0n) is 17.3. The van der Waals surface area contributed by atoms with Gasteiger partial charge in [0.2, 0.25) is 0 Å². The zero-order valence-corrected chi connectivity index (χ0v) is 21.3. The largest absolute Gasteiger partial charge is 0.493 e. The molecule has 168 valence electrons. The van der Waals surface area contributed by atoms with E-state index in [1.54, 1.807) is 31.4 Å². The number of carbonyl (C=O) groups is 1. The third kappa shape index (κ3) is 6.04. The summed E-state index contributed by atoms with van der Waals surface area (Å²) in [6, 6.07) is 17.3. The Bertz CT molecular complexity index is 1250. The Kier molecular flexibility index (Phi) is 7.52. The van der Waals surface area contributed by atoms with Crippen LogP contribution in [0.1, 0.15) is 11.1 Å². The quantitative estimate of drug-likeness (QED) is 0.319. The van der Waals surface area contributed by atoms with Gasteiger partial charge in [-0.2, -0.15) is 0 Å². The van der Waals surface area contributed by atoms with Crippen LogP contribution in [-0.2, 0) is 11.4 Å². The molecular weight excluding hydrogens is 575 g/mol. The third-order valence-corrected chi connectivity index (χ3v) is 6.58. The lowest BCUT2D eigenvalue weighted by atomic mass is 10.2. The Morgan fingerprint density at radius 2 is 1.82 bits per heavy atom. The van der Waals surface area contributed by atoms with E-state index in [1.165, 1.54) is 23.9 Å². The van der Waals surface area contributed by atoms with E-state index in [1.807, 2.05) is 30.3 Å². The van der Waals surface area contributed by atoms with Crippen LogP contribution in [0, 0.1) is 5.82 Å². The van der Waals surface area contributed by atoms with Crippen LogP contribution in [0.4, 0.5) is 10.1 Å². The normalized spacial score (nSPS) is 15.7. The van der Waals surface area contributed by atoms with E-state index >= 15 is 0 Å². The van der Waals surface area contributed by atoms with Gasteiger partial charge in [0.05, 0.1) is 22.2 Å². The van der Waals surface area contributed by atoms with Crippen molar-refractivity contribution in [1.29, 1.82) is 0 Å². The minimum absolute atomic E-state index is 0.258. The van der Waals surface area contributed by atoms with Gasteiger partial charge >= 0.3 is 0 Å². The summed E-state index contributed by atoms with van der Waals surface area (Å²) >= 11 is 8.18. The molecule has 0 spiro atoms. The van der Waals surface area contributed by atoms with Crippen LogP contribution < -0.4 is 14.8 Å².